The molecule has 1 aliphatic rings. The lowest BCUT2D eigenvalue weighted by atomic mass is 10.2. The van der Waals surface area contributed by atoms with E-state index in [4.69, 9.17) is 10.5 Å². The number of halogens is 2. The summed E-state index contributed by atoms with van der Waals surface area (Å²) in [6.45, 7) is -0.606. The molecular weight excluding hydrogens is 380 g/mol. The molecule has 0 spiro atoms. The molecule has 0 saturated carbocycles. The maximum absolute atomic E-state index is 13.0. The molecule has 3 rings (SSSR count). The number of esters is 1. The van der Waals surface area contributed by atoms with Crippen molar-refractivity contribution in [2.24, 2.45) is 5.73 Å². The van der Waals surface area contributed by atoms with Crippen LogP contribution >= 0.6 is 0 Å². The zero-order chi connectivity index (χ0) is 20.3. The van der Waals surface area contributed by atoms with Gasteiger partial charge in [-0.25, -0.2) is 9.59 Å². The molecule has 4 N–H and O–H groups in total. The van der Waals surface area contributed by atoms with Crippen molar-refractivity contribution in [2.75, 3.05) is 17.2 Å². The zero-order valence-corrected chi connectivity index (χ0v) is 14.0. The van der Waals surface area contributed by atoms with Crippen molar-refractivity contribution in [2.45, 2.75) is 6.29 Å². The highest BCUT2D eigenvalue weighted by Crippen LogP contribution is 2.42. The number of nitrogens with two attached hydrogens (primary N) is 1. The van der Waals surface area contributed by atoms with E-state index in [-0.39, 0.29) is 22.7 Å². The molecule has 11 heteroatoms. The third-order valence-electron chi connectivity index (χ3n) is 3.41. The van der Waals surface area contributed by atoms with Crippen LogP contribution in [0.1, 0.15) is 10.4 Å². The summed E-state index contributed by atoms with van der Waals surface area (Å²) in [4.78, 5) is 34.5. The Bertz CT molecular complexity index is 933. The van der Waals surface area contributed by atoms with Crippen molar-refractivity contribution in [3.63, 3.8) is 0 Å². The summed E-state index contributed by atoms with van der Waals surface area (Å²) in [6, 6.07) is 8.56. The summed E-state index contributed by atoms with van der Waals surface area (Å²) in [7, 11) is 0. The minimum atomic E-state index is -3.76. The Kier molecular flexibility index (Phi) is 4.98. The van der Waals surface area contributed by atoms with E-state index in [2.05, 4.69) is 20.1 Å². The monoisotopic (exact) mass is 393 g/mol. The summed E-state index contributed by atoms with van der Waals surface area (Å²) in [5.74, 6) is -1.86. The number of amides is 3. The molecule has 9 nitrogen and oxygen atoms in total. The average Bonchev–Trinajstić information content (AvgIpc) is 2.93. The van der Waals surface area contributed by atoms with Gasteiger partial charge in [-0.2, -0.15) is 0 Å². The Hall–Kier alpha value is -3.89. The number of anilines is 2. The summed E-state index contributed by atoms with van der Waals surface area (Å²) in [6.07, 6.45) is -3.76. The second-order valence-corrected chi connectivity index (χ2v) is 5.52. The number of carbonyl (C=O) groups is 3. The third-order valence-corrected chi connectivity index (χ3v) is 3.41. The van der Waals surface area contributed by atoms with E-state index in [1.54, 1.807) is 0 Å². The molecule has 28 heavy (non-hydrogen) atoms. The summed E-state index contributed by atoms with van der Waals surface area (Å²) in [5, 5.41) is 4.71. The predicted octanol–water partition coefficient (Wildman–Crippen LogP) is 2.29. The van der Waals surface area contributed by atoms with Gasteiger partial charge in [0.2, 0.25) is 0 Å². The number of hydrogen-bond acceptors (Lipinski definition) is 6. The molecule has 0 aromatic heterocycles. The van der Waals surface area contributed by atoms with Crippen LogP contribution in [0.15, 0.2) is 42.5 Å². The van der Waals surface area contributed by atoms with Crippen LogP contribution in [0.3, 0.4) is 0 Å². The smallest absolute Gasteiger partial charge is 0.452 e. The van der Waals surface area contributed by atoms with Gasteiger partial charge >= 0.3 is 18.3 Å². The molecular formula is C17H13F2N3O6. The minimum absolute atomic E-state index is 0.146. The van der Waals surface area contributed by atoms with Crippen molar-refractivity contribution < 1.29 is 37.4 Å². The van der Waals surface area contributed by atoms with Crippen LogP contribution < -0.4 is 25.8 Å². The van der Waals surface area contributed by atoms with E-state index in [0.29, 0.717) is 5.69 Å². The molecule has 1 aliphatic heterocycles. The SMILES string of the molecule is NC(=O)Nc1ccc(C(=O)OCC(=O)Nc2ccc3c(c2)OC(F)(F)O3)cc1. The van der Waals surface area contributed by atoms with E-state index >= 15 is 0 Å². The fraction of sp³-hybridized carbons (Fsp3) is 0.118. The Morgan fingerprint density at radius 3 is 2.29 bits per heavy atom. The van der Waals surface area contributed by atoms with Gasteiger partial charge in [0.25, 0.3) is 5.91 Å². The van der Waals surface area contributed by atoms with Crippen molar-refractivity contribution >= 4 is 29.3 Å². The van der Waals surface area contributed by atoms with Crippen LogP contribution in [0, 0.1) is 0 Å². The molecule has 1 heterocycles. The third kappa shape index (κ3) is 4.63. The lowest BCUT2D eigenvalue weighted by Crippen LogP contribution is -2.25. The number of hydrogen-bond donors (Lipinski definition) is 3. The van der Waals surface area contributed by atoms with E-state index in [1.807, 2.05) is 0 Å². The summed E-state index contributed by atoms with van der Waals surface area (Å²) < 4.78 is 39.3. The Balaban J connectivity index is 1.52. The molecule has 0 bridgehead atoms. The van der Waals surface area contributed by atoms with Gasteiger partial charge in [0.05, 0.1) is 5.56 Å². The fourth-order valence-electron chi connectivity index (χ4n) is 2.27. The zero-order valence-electron chi connectivity index (χ0n) is 14.0. The van der Waals surface area contributed by atoms with Gasteiger partial charge in [0.15, 0.2) is 18.1 Å². The molecule has 2 aromatic carbocycles. The first kappa shape index (κ1) is 18.9. The van der Waals surface area contributed by atoms with Gasteiger partial charge in [-0.1, -0.05) is 0 Å². The first-order chi connectivity index (χ1) is 13.2. The number of benzene rings is 2. The highest BCUT2D eigenvalue weighted by molar-refractivity contribution is 5.96. The maximum atomic E-state index is 13.0. The highest BCUT2D eigenvalue weighted by Gasteiger charge is 2.43. The molecule has 3 amide bonds. The van der Waals surface area contributed by atoms with Gasteiger partial charge in [-0.3, -0.25) is 4.79 Å². The lowest BCUT2D eigenvalue weighted by molar-refractivity contribution is -0.286. The topological polar surface area (TPSA) is 129 Å². The standard InChI is InChI=1S/C17H13F2N3O6/c18-17(19)27-12-6-5-11(7-13(12)28-17)21-14(23)8-26-15(24)9-1-3-10(4-2-9)22-16(20)25/h1-7H,8H2,(H,21,23)(H3,20,22,25). The highest BCUT2D eigenvalue weighted by atomic mass is 19.3. The van der Waals surface area contributed by atoms with Crippen molar-refractivity contribution in [1.82, 2.24) is 0 Å². The normalized spacial score (nSPS) is 13.5. The molecule has 0 atom stereocenters. The van der Waals surface area contributed by atoms with Gasteiger partial charge in [-0.15, -0.1) is 8.78 Å². The molecule has 0 saturated heterocycles. The molecule has 0 radical (unpaired) electrons. The van der Waals surface area contributed by atoms with Crippen molar-refractivity contribution in [3.8, 4) is 11.5 Å². The first-order valence-electron chi connectivity index (χ1n) is 7.75. The quantitative estimate of drug-likeness (QED) is 0.669. The average molecular weight is 393 g/mol. The second kappa shape index (κ2) is 7.39. The largest absolute Gasteiger partial charge is 0.586 e. The number of nitrogens with one attached hydrogen (secondary N) is 2. The number of alkyl halides is 2. The summed E-state index contributed by atoms with van der Waals surface area (Å²) in [5.41, 5.74) is 5.66. The van der Waals surface area contributed by atoms with Crippen LogP contribution in [-0.2, 0) is 9.53 Å². The van der Waals surface area contributed by atoms with Crippen molar-refractivity contribution in [3.05, 3.63) is 48.0 Å². The minimum Gasteiger partial charge on any atom is -0.452 e. The Labute approximate surface area is 156 Å². The van der Waals surface area contributed by atoms with Crippen LogP contribution in [0.25, 0.3) is 0 Å². The molecule has 0 aliphatic carbocycles. The molecule has 146 valence electrons. The van der Waals surface area contributed by atoms with E-state index in [1.165, 1.54) is 36.4 Å². The molecule has 0 unspecified atom stereocenters. The summed E-state index contributed by atoms with van der Waals surface area (Å²) >= 11 is 0. The van der Waals surface area contributed by atoms with Gasteiger partial charge in [0, 0.05) is 17.4 Å². The molecule has 2 aromatic rings. The number of primary amides is 1. The maximum Gasteiger partial charge on any atom is 0.586 e. The number of rotatable bonds is 5. The second-order valence-electron chi connectivity index (χ2n) is 5.52. The van der Waals surface area contributed by atoms with Gasteiger partial charge in [0.1, 0.15) is 0 Å². The van der Waals surface area contributed by atoms with E-state index in [0.717, 1.165) is 6.07 Å². The predicted molar refractivity (Wildman–Crippen MR) is 91.2 cm³/mol. The number of fused-ring (bicyclic) bond motifs is 1. The van der Waals surface area contributed by atoms with Crippen LogP contribution in [0.4, 0.5) is 25.0 Å². The number of carbonyl (C=O) groups excluding carboxylic acids is 3. The Morgan fingerprint density at radius 2 is 1.61 bits per heavy atom. The van der Waals surface area contributed by atoms with Gasteiger partial charge < -0.3 is 30.6 Å². The number of ether oxygens (including phenoxy) is 3. The first-order valence-corrected chi connectivity index (χ1v) is 7.75. The van der Waals surface area contributed by atoms with E-state index in [9.17, 15) is 23.2 Å². The van der Waals surface area contributed by atoms with Crippen molar-refractivity contribution in [1.29, 1.82) is 0 Å². The molecule has 0 fully saturated rings. The Morgan fingerprint density at radius 1 is 0.964 bits per heavy atom. The van der Waals surface area contributed by atoms with Gasteiger partial charge in [-0.05, 0) is 36.4 Å². The van der Waals surface area contributed by atoms with Crippen LogP contribution in [0.2, 0.25) is 0 Å². The lowest BCUT2D eigenvalue weighted by Gasteiger charge is -2.08. The van der Waals surface area contributed by atoms with Crippen LogP contribution in [0.5, 0.6) is 11.5 Å². The number of urea groups is 1. The van der Waals surface area contributed by atoms with Crippen LogP contribution in [-0.4, -0.2) is 30.8 Å². The van der Waals surface area contributed by atoms with E-state index < -0.39 is 30.8 Å². The fourth-order valence-corrected chi connectivity index (χ4v) is 2.27.